The number of carbonyl (C=O) groups excluding carboxylic acids is 1. The number of hydrogen-bond donors (Lipinski definition) is 1. The second kappa shape index (κ2) is 8.63. The molecule has 7 heteroatoms. The van der Waals surface area contributed by atoms with Gasteiger partial charge in [0.2, 0.25) is 5.91 Å². The van der Waals surface area contributed by atoms with Gasteiger partial charge in [-0.15, -0.1) is 10.2 Å². The molecule has 0 radical (unpaired) electrons. The van der Waals surface area contributed by atoms with Crippen molar-refractivity contribution in [2.24, 2.45) is 5.92 Å². The molecule has 0 saturated heterocycles. The Balaban J connectivity index is 1.38. The van der Waals surface area contributed by atoms with Crippen molar-refractivity contribution >= 4 is 17.2 Å². The third-order valence-electron chi connectivity index (χ3n) is 5.82. The van der Waals surface area contributed by atoms with E-state index in [0.29, 0.717) is 23.8 Å². The molecule has 3 heterocycles. The molecule has 7 nitrogen and oxygen atoms in total. The summed E-state index contributed by atoms with van der Waals surface area (Å²) in [7, 11) is 0. The fourth-order valence-corrected chi connectivity index (χ4v) is 4.24. The molecule has 1 fully saturated rings. The molecule has 0 unspecified atom stereocenters. The fourth-order valence-electron chi connectivity index (χ4n) is 4.24. The molecule has 0 spiro atoms. The van der Waals surface area contributed by atoms with Crippen molar-refractivity contribution in [1.29, 1.82) is 0 Å². The molecular formula is C24H24N6O. The number of rotatable bonds is 5. The standard InChI is InChI=1S/C24H24N6O/c31-23(14-17-6-2-1-3-7-17)26-20-10-4-8-18(15-20)21-11-12-22-27-28-24(30(22)29-21)19-9-5-13-25-16-19/h4-5,8-13,15-17H,1-3,6-7,14H2,(H,26,31). The number of pyridine rings is 1. The molecule has 1 N–H and O–H groups in total. The number of amides is 1. The van der Waals surface area contributed by atoms with Crippen molar-refractivity contribution in [2.45, 2.75) is 38.5 Å². The third kappa shape index (κ3) is 4.30. The number of carbonyl (C=O) groups is 1. The molecule has 1 aliphatic rings. The Hall–Kier alpha value is -3.61. The van der Waals surface area contributed by atoms with Gasteiger partial charge in [0.15, 0.2) is 11.5 Å². The van der Waals surface area contributed by atoms with Crippen LogP contribution < -0.4 is 5.32 Å². The minimum Gasteiger partial charge on any atom is -0.326 e. The van der Waals surface area contributed by atoms with Gasteiger partial charge in [0.25, 0.3) is 0 Å². The minimum absolute atomic E-state index is 0.0881. The van der Waals surface area contributed by atoms with E-state index in [-0.39, 0.29) is 5.91 Å². The summed E-state index contributed by atoms with van der Waals surface area (Å²) in [4.78, 5) is 16.7. The van der Waals surface area contributed by atoms with Crippen LogP contribution in [0.1, 0.15) is 38.5 Å². The Morgan fingerprint density at radius 1 is 1.00 bits per heavy atom. The van der Waals surface area contributed by atoms with Gasteiger partial charge in [-0.2, -0.15) is 9.61 Å². The number of nitrogens with one attached hydrogen (secondary N) is 1. The maximum atomic E-state index is 12.5. The average Bonchev–Trinajstić information content (AvgIpc) is 3.24. The smallest absolute Gasteiger partial charge is 0.224 e. The van der Waals surface area contributed by atoms with Crippen LogP contribution in [0.2, 0.25) is 0 Å². The lowest BCUT2D eigenvalue weighted by atomic mass is 9.87. The van der Waals surface area contributed by atoms with Crippen molar-refractivity contribution in [1.82, 2.24) is 24.8 Å². The van der Waals surface area contributed by atoms with Crippen LogP contribution in [-0.4, -0.2) is 30.7 Å². The zero-order valence-electron chi connectivity index (χ0n) is 17.2. The van der Waals surface area contributed by atoms with E-state index in [1.165, 1.54) is 19.3 Å². The van der Waals surface area contributed by atoms with Crippen LogP contribution in [0, 0.1) is 5.92 Å². The fraction of sp³-hybridized carbons (Fsp3) is 0.292. The van der Waals surface area contributed by atoms with Crippen molar-refractivity contribution in [3.8, 4) is 22.6 Å². The molecule has 5 rings (SSSR count). The topological polar surface area (TPSA) is 85.1 Å². The van der Waals surface area contributed by atoms with Gasteiger partial charge in [-0.1, -0.05) is 31.4 Å². The van der Waals surface area contributed by atoms with E-state index in [2.05, 4.69) is 20.5 Å². The molecule has 156 valence electrons. The maximum absolute atomic E-state index is 12.5. The SMILES string of the molecule is O=C(CC1CCCCC1)Nc1cccc(-c2ccc3nnc(-c4cccnc4)n3n2)c1. The highest BCUT2D eigenvalue weighted by Gasteiger charge is 2.17. The average molecular weight is 412 g/mol. The number of aromatic nitrogens is 5. The van der Waals surface area contributed by atoms with E-state index in [0.717, 1.165) is 35.3 Å². The van der Waals surface area contributed by atoms with Crippen LogP contribution >= 0.6 is 0 Å². The summed E-state index contributed by atoms with van der Waals surface area (Å²) in [6, 6.07) is 15.4. The molecule has 1 aromatic carbocycles. The van der Waals surface area contributed by atoms with Crippen LogP contribution in [0.5, 0.6) is 0 Å². The predicted octanol–water partition coefficient (Wildman–Crippen LogP) is 4.76. The summed E-state index contributed by atoms with van der Waals surface area (Å²) in [5.41, 5.74) is 4.00. The van der Waals surface area contributed by atoms with Crippen LogP contribution in [0.3, 0.4) is 0 Å². The number of anilines is 1. The molecule has 0 aliphatic heterocycles. The molecule has 1 aliphatic carbocycles. The second-order valence-electron chi connectivity index (χ2n) is 8.09. The highest BCUT2D eigenvalue weighted by molar-refractivity contribution is 5.91. The van der Waals surface area contributed by atoms with Crippen LogP contribution in [0.15, 0.2) is 60.9 Å². The van der Waals surface area contributed by atoms with Gasteiger partial charge in [0.1, 0.15) is 0 Å². The maximum Gasteiger partial charge on any atom is 0.224 e. The van der Waals surface area contributed by atoms with Crippen molar-refractivity contribution < 1.29 is 4.79 Å². The van der Waals surface area contributed by atoms with Crippen LogP contribution in [-0.2, 0) is 4.79 Å². The Labute approximate surface area is 180 Å². The van der Waals surface area contributed by atoms with E-state index in [1.807, 2.05) is 48.5 Å². The number of benzene rings is 1. The molecular weight excluding hydrogens is 388 g/mol. The lowest BCUT2D eigenvalue weighted by molar-refractivity contribution is -0.117. The Morgan fingerprint density at radius 3 is 2.71 bits per heavy atom. The first kappa shape index (κ1) is 19.4. The van der Waals surface area contributed by atoms with Gasteiger partial charge < -0.3 is 5.32 Å². The lowest BCUT2D eigenvalue weighted by Crippen LogP contribution is -2.18. The highest BCUT2D eigenvalue weighted by Crippen LogP contribution is 2.27. The zero-order chi connectivity index (χ0) is 21.0. The number of hydrogen-bond acceptors (Lipinski definition) is 5. The molecule has 1 saturated carbocycles. The normalized spacial score (nSPS) is 14.6. The van der Waals surface area contributed by atoms with Gasteiger partial charge in [0, 0.05) is 35.6 Å². The monoisotopic (exact) mass is 412 g/mol. The zero-order valence-corrected chi connectivity index (χ0v) is 17.2. The summed E-state index contributed by atoms with van der Waals surface area (Å²) in [5.74, 6) is 1.24. The minimum atomic E-state index is 0.0881. The van der Waals surface area contributed by atoms with E-state index in [4.69, 9.17) is 5.10 Å². The predicted molar refractivity (Wildman–Crippen MR) is 119 cm³/mol. The molecule has 4 aromatic rings. The molecule has 1 amide bonds. The largest absolute Gasteiger partial charge is 0.326 e. The van der Waals surface area contributed by atoms with Crippen LogP contribution in [0.4, 0.5) is 5.69 Å². The van der Waals surface area contributed by atoms with Gasteiger partial charge >= 0.3 is 0 Å². The molecule has 0 atom stereocenters. The van der Waals surface area contributed by atoms with E-state index >= 15 is 0 Å². The van der Waals surface area contributed by atoms with Gasteiger partial charge in [-0.25, -0.2) is 0 Å². The van der Waals surface area contributed by atoms with Gasteiger partial charge in [0.05, 0.1) is 5.69 Å². The highest BCUT2D eigenvalue weighted by atomic mass is 16.1. The van der Waals surface area contributed by atoms with E-state index in [1.54, 1.807) is 16.9 Å². The Kier molecular flexibility index (Phi) is 5.39. The summed E-state index contributed by atoms with van der Waals surface area (Å²) in [5, 5.41) is 16.3. The first-order valence-corrected chi connectivity index (χ1v) is 10.8. The molecule has 3 aromatic heterocycles. The van der Waals surface area contributed by atoms with E-state index < -0.39 is 0 Å². The van der Waals surface area contributed by atoms with Crippen molar-refractivity contribution in [3.05, 3.63) is 60.9 Å². The Morgan fingerprint density at radius 2 is 1.87 bits per heavy atom. The first-order chi connectivity index (χ1) is 15.3. The number of nitrogens with zero attached hydrogens (tertiary/aromatic N) is 5. The summed E-state index contributed by atoms with van der Waals surface area (Å²) in [6.45, 7) is 0. The lowest BCUT2D eigenvalue weighted by Gasteiger charge is -2.20. The van der Waals surface area contributed by atoms with Gasteiger partial charge in [-0.3, -0.25) is 9.78 Å². The summed E-state index contributed by atoms with van der Waals surface area (Å²) < 4.78 is 1.72. The second-order valence-corrected chi connectivity index (χ2v) is 8.09. The number of fused-ring (bicyclic) bond motifs is 1. The van der Waals surface area contributed by atoms with Crippen molar-refractivity contribution in [2.75, 3.05) is 5.32 Å². The summed E-state index contributed by atoms with van der Waals surface area (Å²) in [6.07, 6.45) is 10.2. The van der Waals surface area contributed by atoms with E-state index in [9.17, 15) is 4.79 Å². The summed E-state index contributed by atoms with van der Waals surface area (Å²) >= 11 is 0. The van der Waals surface area contributed by atoms with Crippen molar-refractivity contribution in [3.63, 3.8) is 0 Å². The quantitative estimate of drug-likeness (QED) is 0.511. The molecule has 31 heavy (non-hydrogen) atoms. The Bertz CT molecular complexity index is 1200. The first-order valence-electron chi connectivity index (χ1n) is 10.8. The van der Waals surface area contributed by atoms with Crippen LogP contribution in [0.25, 0.3) is 28.3 Å². The van der Waals surface area contributed by atoms with Gasteiger partial charge in [-0.05, 0) is 55.2 Å². The molecule has 0 bridgehead atoms. The third-order valence-corrected chi connectivity index (χ3v) is 5.82.